The monoisotopic (exact) mass is 332 g/mol. The fourth-order valence-electron chi connectivity index (χ4n) is 2.16. The molecule has 0 N–H and O–H groups in total. The van der Waals surface area contributed by atoms with Crippen LogP contribution >= 0.6 is 11.3 Å². The van der Waals surface area contributed by atoms with E-state index in [1.165, 1.54) is 11.3 Å². The van der Waals surface area contributed by atoms with Crippen molar-refractivity contribution in [2.24, 2.45) is 0 Å². The number of hydrogen-bond donors (Lipinski definition) is 0. The Hall–Kier alpha value is -1.79. The molecule has 1 aromatic heterocycles. The Morgan fingerprint density at radius 2 is 1.77 bits per heavy atom. The van der Waals surface area contributed by atoms with Crippen molar-refractivity contribution in [2.45, 2.75) is 30.4 Å². The van der Waals surface area contributed by atoms with E-state index in [1.54, 1.807) is 12.1 Å². The molecule has 0 radical (unpaired) electrons. The van der Waals surface area contributed by atoms with Gasteiger partial charge in [-0.1, -0.05) is 44.2 Å². The fourth-order valence-corrected chi connectivity index (χ4v) is 4.64. The molecule has 0 fully saturated rings. The summed E-state index contributed by atoms with van der Waals surface area (Å²) in [7, 11) is -3.41. The number of hydrogen-bond acceptors (Lipinski definition) is 5. The fraction of sp³-hybridized carbons (Fsp3) is 0.250. The second-order valence-electron chi connectivity index (χ2n) is 5.46. The van der Waals surface area contributed by atoms with Gasteiger partial charge in [0.2, 0.25) is 0 Å². The molecule has 0 bridgehead atoms. The molecule has 4 nitrogen and oxygen atoms in total. The summed E-state index contributed by atoms with van der Waals surface area (Å²) in [6.07, 6.45) is 0. The molecule has 0 amide bonds. The lowest BCUT2D eigenvalue weighted by Gasteiger charge is -2.04. The van der Waals surface area contributed by atoms with E-state index in [0.29, 0.717) is 9.90 Å². The van der Waals surface area contributed by atoms with Gasteiger partial charge in [-0.2, -0.15) is 0 Å². The third-order valence-corrected chi connectivity index (χ3v) is 6.40. The molecule has 0 saturated carbocycles. The Morgan fingerprint density at radius 3 is 2.45 bits per heavy atom. The molecule has 114 valence electrons. The largest absolute Gasteiger partial charge is 0.223 e. The molecular weight excluding hydrogens is 316 g/mol. The molecule has 0 aliphatic carbocycles. The normalized spacial score (nSPS) is 12.1. The number of rotatable bonds is 4. The van der Waals surface area contributed by atoms with Gasteiger partial charge in [0.05, 0.1) is 4.90 Å². The predicted octanol–water partition coefficient (Wildman–Crippen LogP) is 3.79. The molecule has 2 aromatic carbocycles. The Balaban J connectivity index is 1.93. The Labute approximate surface area is 133 Å². The first-order valence-corrected chi connectivity index (χ1v) is 9.46. The lowest BCUT2D eigenvalue weighted by atomic mass is 10.1. The van der Waals surface area contributed by atoms with Crippen molar-refractivity contribution in [3.05, 3.63) is 52.5 Å². The van der Waals surface area contributed by atoms with Crippen molar-refractivity contribution < 1.29 is 8.42 Å². The van der Waals surface area contributed by atoms with Crippen molar-refractivity contribution in [2.75, 3.05) is 0 Å². The highest BCUT2D eigenvalue weighted by atomic mass is 32.2. The van der Waals surface area contributed by atoms with Gasteiger partial charge in [0.1, 0.15) is 15.8 Å². The van der Waals surface area contributed by atoms with Gasteiger partial charge >= 0.3 is 0 Å². The van der Waals surface area contributed by atoms with Crippen LogP contribution < -0.4 is 0 Å². The van der Waals surface area contributed by atoms with Gasteiger partial charge in [0.15, 0.2) is 9.84 Å². The lowest BCUT2D eigenvalue weighted by molar-refractivity contribution is 0.595. The molecule has 0 saturated heterocycles. The number of fused-ring (bicyclic) bond motifs is 1. The van der Waals surface area contributed by atoms with Gasteiger partial charge in [-0.15, -0.1) is 21.5 Å². The summed E-state index contributed by atoms with van der Waals surface area (Å²) in [6, 6.07) is 12.9. The van der Waals surface area contributed by atoms with Gasteiger partial charge in [-0.25, -0.2) is 8.42 Å². The van der Waals surface area contributed by atoms with Gasteiger partial charge < -0.3 is 0 Å². The van der Waals surface area contributed by atoms with Crippen molar-refractivity contribution in [1.82, 2.24) is 10.2 Å². The maximum atomic E-state index is 12.6. The minimum Gasteiger partial charge on any atom is -0.223 e. The average Bonchev–Trinajstić information content (AvgIpc) is 2.95. The first-order valence-electron chi connectivity index (χ1n) is 6.99. The minimum atomic E-state index is -3.41. The molecule has 0 unspecified atom stereocenters. The maximum Gasteiger partial charge on any atom is 0.184 e. The standard InChI is InChI=1S/C16H16N2O2S2/c1-11(2)16-18-17-15(21-16)10-22(19,20)14-8-7-12-5-3-4-6-13(12)9-14/h3-9,11H,10H2,1-2H3. The summed E-state index contributed by atoms with van der Waals surface area (Å²) in [6.45, 7) is 4.03. The van der Waals surface area contributed by atoms with Crippen LogP contribution in [0.3, 0.4) is 0 Å². The summed E-state index contributed by atoms with van der Waals surface area (Å²) in [5.74, 6) is 0.157. The van der Waals surface area contributed by atoms with Crippen LogP contribution in [0, 0.1) is 0 Å². The highest BCUT2D eigenvalue weighted by Gasteiger charge is 2.19. The van der Waals surface area contributed by atoms with Crippen molar-refractivity contribution in [3.8, 4) is 0 Å². The molecule has 1 heterocycles. The third kappa shape index (κ3) is 3.03. The summed E-state index contributed by atoms with van der Waals surface area (Å²) < 4.78 is 25.1. The van der Waals surface area contributed by atoms with Gasteiger partial charge in [0, 0.05) is 5.92 Å². The molecule has 0 aliphatic heterocycles. The van der Waals surface area contributed by atoms with E-state index in [0.717, 1.165) is 15.8 Å². The summed E-state index contributed by atoms with van der Waals surface area (Å²) in [4.78, 5) is 0.326. The molecule has 0 atom stereocenters. The van der Waals surface area contributed by atoms with Crippen molar-refractivity contribution in [3.63, 3.8) is 0 Å². The van der Waals surface area contributed by atoms with E-state index in [9.17, 15) is 8.42 Å². The maximum absolute atomic E-state index is 12.6. The molecule has 0 spiro atoms. The SMILES string of the molecule is CC(C)c1nnc(CS(=O)(=O)c2ccc3ccccc3c2)s1. The number of sulfone groups is 1. The molecule has 3 aromatic rings. The summed E-state index contributed by atoms with van der Waals surface area (Å²) in [5.41, 5.74) is 0. The zero-order chi connectivity index (χ0) is 15.7. The Morgan fingerprint density at radius 1 is 1.05 bits per heavy atom. The molecular formula is C16H16N2O2S2. The van der Waals surface area contributed by atoms with Crippen molar-refractivity contribution >= 4 is 31.9 Å². The summed E-state index contributed by atoms with van der Waals surface area (Å²) in [5, 5.41) is 11.4. The molecule has 3 rings (SSSR count). The van der Waals surface area contributed by atoms with Gasteiger partial charge in [-0.3, -0.25) is 0 Å². The Kier molecular flexibility index (Phi) is 3.97. The van der Waals surface area contributed by atoms with Crippen LogP contribution in [0.25, 0.3) is 10.8 Å². The quantitative estimate of drug-likeness (QED) is 0.729. The third-order valence-electron chi connectivity index (χ3n) is 3.37. The van der Waals surface area contributed by atoms with E-state index in [1.807, 2.05) is 44.2 Å². The van der Waals surface area contributed by atoms with Crippen LogP contribution in [0.5, 0.6) is 0 Å². The van der Waals surface area contributed by atoms with Gasteiger partial charge in [-0.05, 0) is 22.9 Å². The zero-order valence-electron chi connectivity index (χ0n) is 12.4. The molecule has 0 aliphatic rings. The molecule has 22 heavy (non-hydrogen) atoms. The van der Waals surface area contributed by atoms with E-state index < -0.39 is 9.84 Å². The number of aromatic nitrogens is 2. The first-order chi connectivity index (χ1) is 10.5. The highest BCUT2D eigenvalue weighted by Crippen LogP contribution is 2.25. The molecule has 6 heteroatoms. The topological polar surface area (TPSA) is 59.9 Å². The van der Waals surface area contributed by atoms with E-state index in [2.05, 4.69) is 10.2 Å². The smallest absolute Gasteiger partial charge is 0.184 e. The zero-order valence-corrected chi connectivity index (χ0v) is 14.0. The van der Waals surface area contributed by atoms with Gasteiger partial charge in [0.25, 0.3) is 0 Å². The second-order valence-corrected chi connectivity index (χ2v) is 8.54. The minimum absolute atomic E-state index is 0.101. The van der Waals surface area contributed by atoms with Crippen LogP contribution in [0.1, 0.15) is 29.8 Å². The predicted molar refractivity (Wildman–Crippen MR) is 88.8 cm³/mol. The van der Waals surface area contributed by atoms with Crippen LogP contribution in [-0.2, 0) is 15.6 Å². The van der Waals surface area contributed by atoms with Crippen LogP contribution in [0.2, 0.25) is 0 Å². The van der Waals surface area contributed by atoms with Crippen molar-refractivity contribution in [1.29, 1.82) is 0 Å². The van der Waals surface area contributed by atoms with E-state index >= 15 is 0 Å². The van der Waals surface area contributed by atoms with E-state index in [-0.39, 0.29) is 11.7 Å². The van der Waals surface area contributed by atoms with Crippen LogP contribution in [-0.4, -0.2) is 18.6 Å². The first kappa shape index (κ1) is 15.1. The van der Waals surface area contributed by atoms with Crippen LogP contribution in [0.15, 0.2) is 47.4 Å². The Bertz CT molecular complexity index is 915. The second kappa shape index (κ2) is 5.78. The van der Waals surface area contributed by atoms with Crippen LogP contribution in [0.4, 0.5) is 0 Å². The summed E-state index contributed by atoms with van der Waals surface area (Å²) >= 11 is 1.36. The average molecular weight is 332 g/mol. The number of nitrogens with zero attached hydrogens (tertiary/aromatic N) is 2. The lowest BCUT2D eigenvalue weighted by Crippen LogP contribution is -2.04. The highest BCUT2D eigenvalue weighted by molar-refractivity contribution is 7.90. The number of benzene rings is 2. The van der Waals surface area contributed by atoms with E-state index in [4.69, 9.17) is 0 Å².